The Hall–Kier alpha value is -2.33. The van der Waals surface area contributed by atoms with Crippen molar-refractivity contribution in [3.63, 3.8) is 0 Å². The number of amides is 1. The van der Waals surface area contributed by atoms with E-state index < -0.39 is 5.82 Å². The maximum Gasteiger partial charge on any atom is 0.272 e. The molecule has 3 nitrogen and oxygen atoms in total. The maximum absolute atomic E-state index is 13.1. The first kappa shape index (κ1) is 13.6. The minimum Gasteiger partial charge on any atom is -0.350 e. The summed E-state index contributed by atoms with van der Waals surface area (Å²) in [5.41, 5.74) is 2.48. The Kier molecular flexibility index (Phi) is 3.39. The van der Waals surface area contributed by atoms with Gasteiger partial charge in [0.15, 0.2) is 0 Å². The summed E-state index contributed by atoms with van der Waals surface area (Å²) in [6.07, 6.45) is 0. The summed E-state index contributed by atoms with van der Waals surface area (Å²) in [5, 5.41) is 4.20. The van der Waals surface area contributed by atoms with Crippen LogP contribution in [0, 0.1) is 12.7 Å². The van der Waals surface area contributed by atoms with E-state index in [0.717, 1.165) is 16.5 Å². The Balaban J connectivity index is 1.96. The van der Waals surface area contributed by atoms with Gasteiger partial charge < -0.3 is 10.3 Å². The molecule has 5 heteroatoms. The molecule has 1 aromatic heterocycles. The van der Waals surface area contributed by atoms with Crippen molar-refractivity contribution >= 4 is 34.1 Å². The van der Waals surface area contributed by atoms with Crippen LogP contribution in [0.5, 0.6) is 0 Å². The fourth-order valence-corrected chi connectivity index (χ4v) is 2.47. The van der Waals surface area contributed by atoms with Gasteiger partial charge in [0.25, 0.3) is 5.91 Å². The molecular formula is C16H12ClFN2O. The number of aromatic nitrogens is 1. The number of hydrogen-bond donors (Lipinski definition) is 2. The van der Waals surface area contributed by atoms with Crippen molar-refractivity contribution in [2.45, 2.75) is 6.92 Å². The van der Waals surface area contributed by atoms with E-state index in [1.165, 1.54) is 12.1 Å². The van der Waals surface area contributed by atoms with Crippen molar-refractivity contribution < 1.29 is 9.18 Å². The molecule has 0 saturated heterocycles. The Morgan fingerprint density at radius 1 is 1.24 bits per heavy atom. The van der Waals surface area contributed by atoms with E-state index in [-0.39, 0.29) is 5.91 Å². The SMILES string of the molecule is Cc1c(C(=O)Nc2cccc(F)c2)[nH]c2cc(Cl)ccc12. The zero-order valence-electron chi connectivity index (χ0n) is 11.2. The quantitative estimate of drug-likeness (QED) is 0.718. The second-order valence-electron chi connectivity index (χ2n) is 4.78. The number of benzene rings is 2. The predicted molar refractivity (Wildman–Crippen MR) is 82.4 cm³/mol. The van der Waals surface area contributed by atoms with Gasteiger partial charge in [0.2, 0.25) is 0 Å². The predicted octanol–water partition coefficient (Wildman–Crippen LogP) is 4.52. The number of H-pyrrole nitrogens is 1. The number of aryl methyl sites for hydroxylation is 1. The van der Waals surface area contributed by atoms with Gasteiger partial charge in [0.1, 0.15) is 11.5 Å². The number of carbonyl (C=O) groups is 1. The van der Waals surface area contributed by atoms with Gasteiger partial charge in [-0.2, -0.15) is 0 Å². The van der Waals surface area contributed by atoms with Gasteiger partial charge in [-0.3, -0.25) is 4.79 Å². The van der Waals surface area contributed by atoms with E-state index in [9.17, 15) is 9.18 Å². The van der Waals surface area contributed by atoms with Crippen molar-refractivity contribution in [3.05, 3.63) is 64.6 Å². The normalized spacial score (nSPS) is 10.8. The van der Waals surface area contributed by atoms with Crippen LogP contribution in [0.25, 0.3) is 10.9 Å². The highest BCUT2D eigenvalue weighted by Crippen LogP contribution is 2.25. The van der Waals surface area contributed by atoms with Gasteiger partial charge >= 0.3 is 0 Å². The molecule has 21 heavy (non-hydrogen) atoms. The van der Waals surface area contributed by atoms with E-state index in [1.54, 1.807) is 24.3 Å². The fourth-order valence-electron chi connectivity index (χ4n) is 2.30. The molecule has 0 aliphatic carbocycles. The first-order valence-electron chi connectivity index (χ1n) is 6.39. The van der Waals surface area contributed by atoms with Crippen LogP contribution in [-0.2, 0) is 0 Å². The number of carbonyl (C=O) groups excluding carboxylic acids is 1. The van der Waals surface area contributed by atoms with E-state index in [2.05, 4.69) is 10.3 Å². The van der Waals surface area contributed by atoms with Gasteiger partial charge in [-0.1, -0.05) is 23.7 Å². The molecule has 1 amide bonds. The third-order valence-corrected chi connectivity index (χ3v) is 3.56. The molecule has 0 saturated carbocycles. The molecule has 0 radical (unpaired) electrons. The number of aromatic amines is 1. The third kappa shape index (κ3) is 2.62. The first-order chi connectivity index (χ1) is 10.0. The minimum atomic E-state index is -0.395. The number of hydrogen-bond acceptors (Lipinski definition) is 1. The molecule has 106 valence electrons. The summed E-state index contributed by atoms with van der Waals surface area (Å²) in [6, 6.07) is 11.2. The van der Waals surface area contributed by atoms with E-state index >= 15 is 0 Å². The molecule has 2 aromatic carbocycles. The van der Waals surface area contributed by atoms with Gasteiger partial charge in [0, 0.05) is 21.6 Å². The Bertz CT molecular complexity index is 841. The Morgan fingerprint density at radius 2 is 2.05 bits per heavy atom. The number of anilines is 1. The van der Waals surface area contributed by atoms with E-state index in [1.807, 2.05) is 13.0 Å². The van der Waals surface area contributed by atoms with Crippen molar-refractivity contribution in [3.8, 4) is 0 Å². The smallest absolute Gasteiger partial charge is 0.272 e. The summed E-state index contributed by atoms with van der Waals surface area (Å²) in [5.74, 6) is -0.710. The third-order valence-electron chi connectivity index (χ3n) is 3.33. The second kappa shape index (κ2) is 5.22. The average Bonchev–Trinajstić information content (AvgIpc) is 2.75. The summed E-state index contributed by atoms with van der Waals surface area (Å²) in [4.78, 5) is 15.4. The van der Waals surface area contributed by atoms with Crippen LogP contribution in [0.3, 0.4) is 0 Å². The molecule has 1 heterocycles. The number of fused-ring (bicyclic) bond motifs is 1. The molecule has 0 unspecified atom stereocenters. The van der Waals surface area contributed by atoms with Crippen LogP contribution in [0.1, 0.15) is 16.1 Å². The van der Waals surface area contributed by atoms with Crippen molar-refractivity contribution in [1.82, 2.24) is 4.98 Å². The fraction of sp³-hybridized carbons (Fsp3) is 0.0625. The molecule has 3 aromatic rings. The highest BCUT2D eigenvalue weighted by Gasteiger charge is 2.15. The van der Waals surface area contributed by atoms with Gasteiger partial charge in [-0.15, -0.1) is 0 Å². The highest BCUT2D eigenvalue weighted by molar-refractivity contribution is 6.31. The van der Waals surface area contributed by atoms with Crippen molar-refractivity contribution in [1.29, 1.82) is 0 Å². The molecule has 0 fully saturated rings. The van der Waals surface area contributed by atoms with Crippen LogP contribution in [0.15, 0.2) is 42.5 Å². The minimum absolute atomic E-state index is 0.314. The Labute approximate surface area is 125 Å². The molecule has 0 spiro atoms. The number of nitrogens with one attached hydrogen (secondary N) is 2. The number of rotatable bonds is 2. The van der Waals surface area contributed by atoms with Crippen LogP contribution in [-0.4, -0.2) is 10.9 Å². The topological polar surface area (TPSA) is 44.9 Å². The monoisotopic (exact) mass is 302 g/mol. The van der Waals surface area contributed by atoms with Crippen molar-refractivity contribution in [2.24, 2.45) is 0 Å². The highest BCUT2D eigenvalue weighted by atomic mass is 35.5. The number of halogens is 2. The van der Waals surface area contributed by atoms with Crippen LogP contribution in [0.4, 0.5) is 10.1 Å². The molecule has 0 atom stereocenters. The van der Waals surface area contributed by atoms with Gasteiger partial charge in [-0.05, 0) is 42.8 Å². The lowest BCUT2D eigenvalue weighted by Gasteiger charge is -2.04. The summed E-state index contributed by atoms with van der Waals surface area (Å²) < 4.78 is 13.1. The van der Waals surface area contributed by atoms with Gasteiger partial charge in [0.05, 0.1) is 0 Å². The maximum atomic E-state index is 13.1. The van der Waals surface area contributed by atoms with Crippen molar-refractivity contribution in [2.75, 3.05) is 5.32 Å². The lowest BCUT2D eigenvalue weighted by Crippen LogP contribution is -2.13. The van der Waals surface area contributed by atoms with Crippen LogP contribution in [0.2, 0.25) is 5.02 Å². The summed E-state index contributed by atoms with van der Waals surface area (Å²) in [7, 11) is 0. The average molecular weight is 303 g/mol. The summed E-state index contributed by atoms with van der Waals surface area (Å²) in [6.45, 7) is 1.85. The molecule has 0 aliphatic rings. The zero-order chi connectivity index (χ0) is 15.0. The zero-order valence-corrected chi connectivity index (χ0v) is 12.0. The lowest BCUT2D eigenvalue weighted by atomic mass is 10.1. The lowest BCUT2D eigenvalue weighted by molar-refractivity contribution is 0.102. The van der Waals surface area contributed by atoms with E-state index in [4.69, 9.17) is 11.6 Å². The van der Waals surface area contributed by atoms with Crippen LogP contribution >= 0.6 is 11.6 Å². The van der Waals surface area contributed by atoms with Gasteiger partial charge in [-0.25, -0.2) is 4.39 Å². The van der Waals surface area contributed by atoms with E-state index in [0.29, 0.717) is 16.4 Å². The molecule has 2 N–H and O–H groups in total. The molecule has 0 bridgehead atoms. The largest absolute Gasteiger partial charge is 0.350 e. The molecule has 0 aliphatic heterocycles. The molecular weight excluding hydrogens is 291 g/mol. The first-order valence-corrected chi connectivity index (χ1v) is 6.77. The molecule has 3 rings (SSSR count). The standard InChI is InChI=1S/C16H12ClFN2O/c1-9-13-6-5-10(17)7-14(13)20-15(9)16(21)19-12-4-2-3-11(18)8-12/h2-8,20H,1H3,(H,19,21). The second-order valence-corrected chi connectivity index (χ2v) is 5.22. The van der Waals surface area contributed by atoms with Crippen LogP contribution < -0.4 is 5.32 Å². The summed E-state index contributed by atoms with van der Waals surface area (Å²) >= 11 is 5.94. The Morgan fingerprint density at radius 3 is 2.81 bits per heavy atom.